The second-order valence-corrected chi connectivity index (χ2v) is 12.1. The number of hydrogen-bond acceptors (Lipinski definition) is 7. The summed E-state index contributed by atoms with van der Waals surface area (Å²) in [6.45, 7) is 5.48. The molecule has 2 heterocycles. The Morgan fingerprint density at radius 1 is 1.21 bits per heavy atom. The number of carbonyl (C=O) groups is 1. The maximum Gasteiger partial charge on any atom is 0.197 e. The standard InChI is InChI=1S/C31H39N3O5/c1-21(15-32)16-34-27(33)26(37)7-5-22-4-6-24(14-25(22)23-8-10-28(2,3)11-9-23)31(38)17-29(19-35)12-13-30(18-31,20-36)39-29/h4,6,8,12-14,16,35-36,38H,5,7,9-11,17-20H2,1-3H3,(H2,33,34)/b21-16+/t29-,30+,31+. The summed E-state index contributed by atoms with van der Waals surface area (Å²) >= 11 is 0. The number of amidine groups is 1. The Labute approximate surface area is 230 Å². The van der Waals surface area contributed by atoms with Crippen molar-refractivity contribution in [1.29, 1.82) is 10.7 Å². The molecular formula is C31H39N3O5. The second kappa shape index (κ2) is 10.8. The van der Waals surface area contributed by atoms with Crippen molar-refractivity contribution >= 4 is 17.2 Å². The topological polar surface area (TPSA) is 147 Å². The number of allylic oxidation sites excluding steroid dienone is 3. The molecule has 1 fully saturated rings. The summed E-state index contributed by atoms with van der Waals surface area (Å²) in [6.07, 6.45) is 10.8. The lowest BCUT2D eigenvalue weighted by Crippen LogP contribution is -2.55. The number of aliphatic hydroxyl groups excluding tert-OH is 2. The monoisotopic (exact) mass is 533 g/mol. The minimum absolute atomic E-state index is 0.125. The first-order valence-electron chi connectivity index (χ1n) is 13.5. The fourth-order valence-corrected chi connectivity index (χ4v) is 5.88. The Balaban J connectivity index is 1.64. The van der Waals surface area contributed by atoms with E-state index in [-0.39, 0.29) is 49.5 Å². The average molecular weight is 534 g/mol. The number of benzene rings is 1. The fraction of sp³-hybridized carbons (Fsp3) is 0.516. The molecule has 1 aromatic rings. The van der Waals surface area contributed by atoms with Crippen LogP contribution in [0.15, 0.2) is 48.2 Å². The van der Waals surface area contributed by atoms with Crippen molar-refractivity contribution in [1.82, 2.24) is 5.32 Å². The van der Waals surface area contributed by atoms with Crippen LogP contribution in [-0.4, -0.2) is 51.4 Å². The maximum atomic E-state index is 12.6. The zero-order valence-corrected chi connectivity index (χ0v) is 23.0. The minimum Gasteiger partial charge on any atom is -0.393 e. The van der Waals surface area contributed by atoms with Crippen LogP contribution in [0, 0.1) is 22.2 Å². The van der Waals surface area contributed by atoms with Gasteiger partial charge in [-0.2, -0.15) is 5.26 Å². The summed E-state index contributed by atoms with van der Waals surface area (Å²) in [5, 5.41) is 51.6. The van der Waals surface area contributed by atoms with Gasteiger partial charge in [-0.15, -0.1) is 0 Å². The molecule has 0 spiro atoms. The molecule has 2 bridgehead atoms. The van der Waals surface area contributed by atoms with Crippen LogP contribution in [0.4, 0.5) is 0 Å². The van der Waals surface area contributed by atoms with Crippen LogP contribution in [0.5, 0.6) is 0 Å². The van der Waals surface area contributed by atoms with Crippen LogP contribution in [0.3, 0.4) is 0 Å². The SMILES string of the molecule is C/C(C#N)=C\NC(=N)C(=O)CCc1ccc([C@]2(O)C[C@@]3(CO)C=C[C@@](CO)(C2)O3)cc1C1=CCC(C)(C)CC1. The van der Waals surface area contributed by atoms with Gasteiger partial charge in [0.25, 0.3) is 0 Å². The van der Waals surface area contributed by atoms with Gasteiger partial charge in [0, 0.05) is 31.0 Å². The van der Waals surface area contributed by atoms with Crippen LogP contribution in [0.25, 0.3) is 5.57 Å². The normalized spacial score (nSPS) is 29.5. The Morgan fingerprint density at radius 3 is 2.44 bits per heavy atom. The first-order valence-corrected chi connectivity index (χ1v) is 13.5. The molecule has 3 atom stereocenters. The Hall–Kier alpha value is -3.09. The van der Waals surface area contributed by atoms with E-state index in [1.165, 1.54) is 11.8 Å². The van der Waals surface area contributed by atoms with Gasteiger partial charge in [-0.05, 0) is 66.4 Å². The van der Waals surface area contributed by atoms with Gasteiger partial charge in [0.15, 0.2) is 11.6 Å². The number of aliphatic hydroxyl groups is 3. The number of hydrogen-bond donors (Lipinski definition) is 5. The first-order chi connectivity index (χ1) is 18.4. The molecule has 0 aromatic heterocycles. The minimum atomic E-state index is -1.33. The van der Waals surface area contributed by atoms with Gasteiger partial charge in [-0.1, -0.05) is 44.2 Å². The summed E-state index contributed by atoms with van der Waals surface area (Å²) in [5.74, 6) is -0.615. The lowest BCUT2D eigenvalue weighted by molar-refractivity contribution is -0.220. The smallest absolute Gasteiger partial charge is 0.197 e. The van der Waals surface area contributed by atoms with Crippen molar-refractivity contribution < 1.29 is 24.9 Å². The Kier molecular flexibility index (Phi) is 8.02. The van der Waals surface area contributed by atoms with Gasteiger partial charge in [0.1, 0.15) is 11.2 Å². The number of aryl methyl sites for hydroxylation is 1. The number of Topliss-reactive ketones (excluding diaryl/α,β-unsaturated/α-hetero) is 1. The molecule has 2 aliphatic heterocycles. The highest BCUT2D eigenvalue weighted by Gasteiger charge is 2.57. The van der Waals surface area contributed by atoms with Crippen LogP contribution in [-0.2, 0) is 21.6 Å². The molecule has 3 aliphatic rings. The van der Waals surface area contributed by atoms with Crippen LogP contribution < -0.4 is 5.32 Å². The lowest BCUT2D eigenvalue weighted by atomic mass is 9.73. The number of ether oxygens (including phenoxy) is 1. The summed E-state index contributed by atoms with van der Waals surface area (Å²) in [4.78, 5) is 12.6. The summed E-state index contributed by atoms with van der Waals surface area (Å²) in [5.41, 5.74) is 0.934. The van der Waals surface area contributed by atoms with Crippen molar-refractivity contribution in [3.8, 4) is 6.07 Å². The highest BCUT2D eigenvalue weighted by atomic mass is 16.6. The van der Waals surface area contributed by atoms with E-state index >= 15 is 0 Å². The Bertz CT molecular complexity index is 1270. The van der Waals surface area contributed by atoms with Crippen LogP contribution >= 0.6 is 0 Å². The quantitative estimate of drug-likeness (QED) is 0.140. The highest BCUT2D eigenvalue weighted by Crippen LogP contribution is 2.52. The molecule has 4 rings (SSSR count). The van der Waals surface area contributed by atoms with Gasteiger partial charge >= 0.3 is 0 Å². The van der Waals surface area contributed by atoms with E-state index in [1.54, 1.807) is 19.1 Å². The molecule has 0 saturated carbocycles. The average Bonchev–Trinajstić information content (AvgIpc) is 3.22. The van der Waals surface area contributed by atoms with Gasteiger partial charge < -0.3 is 25.4 Å². The first kappa shape index (κ1) is 28.9. The molecule has 39 heavy (non-hydrogen) atoms. The molecule has 1 saturated heterocycles. The summed E-state index contributed by atoms with van der Waals surface area (Å²) in [7, 11) is 0. The molecule has 208 valence electrons. The fourth-order valence-electron chi connectivity index (χ4n) is 5.88. The molecule has 1 aromatic carbocycles. The number of carbonyl (C=O) groups excluding carboxylic acids is 1. The van der Waals surface area contributed by atoms with Crippen molar-refractivity contribution in [3.63, 3.8) is 0 Å². The summed E-state index contributed by atoms with van der Waals surface area (Å²) in [6, 6.07) is 7.74. The van der Waals surface area contributed by atoms with E-state index < -0.39 is 16.8 Å². The molecule has 5 N–H and O–H groups in total. The predicted octanol–water partition coefficient (Wildman–Crippen LogP) is 3.81. The van der Waals surface area contributed by atoms with Crippen molar-refractivity contribution in [3.05, 3.63) is 64.9 Å². The van der Waals surface area contributed by atoms with Gasteiger partial charge in [-0.25, -0.2) is 0 Å². The third-order valence-corrected chi connectivity index (χ3v) is 8.29. The van der Waals surface area contributed by atoms with Crippen LogP contribution in [0.1, 0.15) is 76.0 Å². The van der Waals surface area contributed by atoms with Crippen LogP contribution in [0.2, 0.25) is 0 Å². The van der Waals surface area contributed by atoms with Gasteiger partial charge in [0.2, 0.25) is 0 Å². The molecule has 1 aliphatic carbocycles. The lowest BCUT2D eigenvalue weighted by Gasteiger charge is -2.47. The van der Waals surface area contributed by atoms with E-state index in [0.717, 1.165) is 30.4 Å². The highest BCUT2D eigenvalue weighted by molar-refractivity contribution is 6.37. The van der Waals surface area contributed by atoms with Crippen molar-refractivity contribution in [2.45, 2.75) is 82.5 Å². The zero-order chi connectivity index (χ0) is 28.5. The molecule has 8 nitrogen and oxygen atoms in total. The van der Waals surface area contributed by atoms with E-state index in [0.29, 0.717) is 17.6 Å². The number of ketones is 1. The van der Waals surface area contributed by atoms with E-state index in [4.69, 9.17) is 15.4 Å². The number of fused-ring (bicyclic) bond motifs is 2. The van der Waals surface area contributed by atoms with Crippen molar-refractivity contribution in [2.24, 2.45) is 5.41 Å². The van der Waals surface area contributed by atoms with E-state index in [2.05, 4.69) is 25.2 Å². The predicted molar refractivity (Wildman–Crippen MR) is 149 cm³/mol. The van der Waals surface area contributed by atoms with E-state index in [9.17, 15) is 20.1 Å². The zero-order valence-electron chi connectivity index (χ0n) is 23.0. The molecule has 0 amide bonds. The maximum absolute atomic E-state index is 12.6. The number of nitrogens with one attached hydrogen (secondary N) is 2. The molecular weight excluding hydrogens is 494 g/mol. The summed E-state index contributed by atoms with van der Waals surface area (Å²) < 4.78 is 6.04. The number of rotatable bonds is 9. The largest absolute Gasteiger partial charge is 0.393 e. The molecule has 8 heteroatoms. The Morgan fingerprint density at radius 2 is 1.87 bits per heavy atom. The third kappa shape index (κ3) is 6.07. The van der Waals surface area contributed by atoms with Gasteiger partial charge in [0.05, 0.1) is 24.9 Å². The molecule has 0 unspecified atom stereocenters. The van der Waals surface area contributed by atoms with E-state index in [1.807, 2.05) is 24.3 Å². The van der Waals surface area contributed by atoms with Crippen molar-refractivity contribution in [2.75, 3.05) is 13.2 Å². The van der Waals surface area contributed by atoms with Gasteiger partial charge in [-0.3, -0.25) is 10.2 Å². The molecule has 0 radical (unpaired) electrons. The third-order valence-electron chi connectivity index (χ3n) is 8.29. The number of nitrogens with zero attached hydrogens (tertiary/aromatic N) is 1. The number of nitriles is 1. The second-order valence-electron chi connectivity index (χ2n) is 12.1.